The third-order valence-corrected chi connectivity index (χ3v) is 4.97. The van der Waals surface area contributed by atoms with Crippen LogP contribution >= 0.6 is 22.6 Å². The molecule has 130 valence electrons. The van der Waals surface area contributed by atoms with Gasteiger partial charge in [0.2, 0.25) is 0 Å². The number of aryl methyl sites for hydroxylation is 1. The van der Waals surface area contributed by atoms with E-state index in [0.717, 1.165) is 26.5 Å². The number of halogens is 1. The maximum absolute atomic E-state index is 5.53. The lowest BCUT2D eigenvalue weighted by molar-refractivity contribution is 0.389. The van der Waals surface area contributed by atoms with E-state index in [9.17, 15) is 0 Å². The van der Waals surface area contributed by atoms with E-state index >= 15 is 0 Å². The molecule has 0 aliphatic carbocycles. The molecular formula is C20H21IN2O2. The Morgan fingerprint density at radius 3 is 2.56 bits per heavy atom. The molecule has 3 aromatic rings. The predicted molar refractivity (Wildman–Crippen MR) is 109 cm³/mol. The molecule has 25 heavy (non-hydrogen) atoms. The highest BCUT2D eigenvalue weighted by Crippen LogP contribution is 2.30. The second kappa shape index (κ2) is 7.47. The average molecular weight is 448 g/mol. The van der Waals surface area contributed by atoms with E-state index in [1.54, 1.807) is 14.2 Å². The maximum atomic E-state index is 5.53. The quantitative estimate of drug-likeness (QED) is 0.525. The highest BCUT2D eigenvalue weighted by atomic mass is 127. The fourth-order valence-electron chi connectivity index (χ4n) is 2.90. The van der Waals surface area contributed by atoms with Crippen LogP contribution in [0.5, 0.6) is 11.5 Å². The van der Waals surface area contributed by atoms with Crippen molar-refractivity contribution >= 4 is 22.6 Å². The molecule has 0 N–H and O–H groups in total. The van der Waals surface area contributed by atoms with E-state index in [1.165, 1.54) is 16.7 Å². The zero-order chi connectivity index (χ0) is 18.0. The van der Waals surface area contributed by atoms with Gasteiger partial charge in [-0.15, -0.1) is 0 Å². The van der Waals surface area contributed by atoms with Gasteiger partial charge in [-0.1, -0.05) is 18.2 Å². The number of aromatic nitrogens is 2. The first-order valence-electron chi connectivity index (χ1n) is 8.04. The van der Waals surface area contributed by atoms with Crippen molar-refractivity contribution in [2.45, 2.75) is 20.4 Å². The summed E-state index contributed by atoms with van der Waals surface area (Å²) in [6, 6.07) is 14.4. The minimum absolute atomic E-state index is 0.638. The zero-order valence-corrected chi connectivity index (χ0v) is 17.0. The fraction of sp³-hybridized carbons (Fsp3) is 0.250. The van der Waals surface area contributed by atoms with E-state index in [-0.39, 0.29) is 0 Å². The van der Waals surface area contributed by atoms with Crippen LogP contribution in [0.25, 0.3) is 11.3 Å². The van der Waals surface area contributed by atoms with Crippen molar-refractivity contribution in [3.05, 3.63) is 62.9 Å². The molecule has 0 aliphatic rings. The van der Waals surface area contributed by atoms with Gasteiger partial charge in [0.15, 0.2) is 0 Å². The van der Waals surface area contributed by atoms with Crippen LogP contribution in [0.4, 0.5) is 0 Å². The van der Waals surface area contributed by atoms with Gasteiger partial charge in [-0.05, 0) is 65.8 Å². The Bertz CT molecular complexity index is 903. The molecule has 2 aromatic carbocycles. The van der Waals surface area contributed by atoms with Gasteiger partial charge in [-0.3, -0.25) is 4.68 Å². The Morgan fingerprint density at radius 1 is 1.04 bits per heavy atom. The molecule has 0 saturated carbocycles. The molecular weight excluding hydrogens is 427 g/mol. The van der Waals surface area contributed by atoms with Crippen LogP contribution in [-0.2, 0) is 6.54 Å². The highest BCUT2D eigenvalue weighted by molar-refractivity contribution is 14.1. The largest absolute Gasteiger partial charge is 0.497 e. The highest BCUT2D eigenvalue weighted by Gasteiger charge is 2.14. The van der Waals surface area contributed by atoms with Gasteiger partial charge in [0.25, 0.3) is 0 Å². The van der Waals surface area contributed by atoms with Crippen LogP contribution in [0.2, 0.25) is 0 Å². The first-order valence-corrected chi connectivity index (χ1v) is 9.12. The van der Waals surface area contributed by atoms with E-state index in [0.29, 0.717) is 6.54 Å². The van der Waals surface area contributed by atoms with Crippen molar-refractivity contribution in [3.63, 3.8) is 0 Å². The SMILES string of the molecule is COc1ccc(Cn2nc(I)cc2-c2cccc(C)c2C)c(OC)c1. The second-order valence-corrected chi connectivity index (χ2v) is 7.04. The van der Waals surface area contributed by atoms with Gasteiger partial charge in [0.05, 0.1) is 26.5 Å². The molecule has 0 amide bonds. The Kier molecular flexibility index (Phi) is 5.32. The van der Waals surface area contributed by atoms with Crippen molar-refractivity contribution in [1.82, 2.24) is 9.78 Å². The lowest BCUT2D eigenvalue weighted by Gasteiger charge is -2.14. The molecule has 0 atom stereocenters. The predicted octanol–water partition coefficient (Wildman–Crippen LogP) is 4.84. The van der Waals surface area contributed by atoms with Crippen LogP contribution in [0.3, 0.4) is 0 Å². The summed E-state index contributed by atoms with van der Waals surface area (Å²) in [6.07, 6.45) is 0. The summed E-state index contributed by atoms with van der Waals surface area (Å²) in [6.45, 7) is 4.93. The van der Waals surface area contributed by atoms with Crippen molar-refractivity contribution < 1.29 is 9.47 Å². The molecule has 4 nitrogen and oxygen atoms in total. The summed E-state index contributed by atoms with van der Waals surface area (Å²) in [5.41, 5.74) is 5.95. The van der Waals surface area contributed by atoms with Crippen molar-refractivity contribution in [1.29, 1.82) is 0 Å². The summed E-state index contributed by atoms with van der Waals surface area (Å²) < 4.78 is 13.8. The number of hydrogen-bond donors (Lipinski definition) is 0. The molecule has 0 bridgehead atoms. The normalized spacial score (nSPS) is 10.8. The lowest BCUT2D eigenvalue weighted by Crippen LogP contribution is -2.06. The van der Waals surface area contributed by atoms with Crippen LogP contribution in [0.15, 0.2) is 42.5 Å². The Morgan fingerprint density at radius 2 is 1.84 bits per heavy atom. The van der Waals surface area contributed by atoms with Gasteiger partial charge < -0.3 is 9.47 Å². The summed E-state index contributed by atoms with van der Waals surface area (Å²) >= 11 is 2.26. The standard InChI is InChI=1S/C20H21IN2O2/c1-13-6-5-7-17(14(13)2)18-11-20(21)22-23(18)12-15-8-9-16(24-3)10-19(15)25-4/h5-11H,12H2,1-4H3. The van der Waals surface area contributed by atoms with Gasteiger partial charge in [0, 0.05) is 17.2 Å². The topological polar surface area (TPSA) is 36.3 Å². The second-order valence-electron chi connectivity index (χ2n) is 5.94. The number of methoxy groups -OCH3 is 2. The Labute approximate surface area is 161 Å². The van der Waals surface area contributed by atoms with E-state index in [4.69, 9.17) is 9.47 Å². The first-order chi connectivity index (χ1) is 12.0. The van der Waals surface area contributed by atoms with Crippen LogP contribution in [-0.4, -0.2) is 24.0 Å². The van der Waals surface area contributed by atoms with E-state index < -0.39 is 0 Å². The molecule has 0 fully saturated rings. The minimum atomic E-state index is 0.638. The van der Waals surface area contributed by atoms with E-state index in [1.807, 2.05) is 22.9 Å². The lowest BCUT2D eigenvalue weighted by atomic mass is 10.0. The number of ether oxygens (including phenoxy) is 2. The first kappa shape index (κ1) is 17.8. The summed E-state index contributed by atoms with van der Waals surface area (Å²) in [5.74, 6) is 1.59. The number of nitrogens with zero attached hydrogens (tertiary/aromatic N) is 2. The summed E-state index contributed by atoms with van der Waals surface area (Å²) in [5, 5.41) is 4.69. The zero-order valence-electron chi connectivity index (χ0n) is 14.8. The van der Waals surface area contributed by atoms with Crippen molar-refractivity contribution in [2.75, 3.05) is 14.2 Å². The van der Waals surface area contributed by atoms with Crippen LogP contribution in [0, 0.1) is 17.5 Å². The average Bonchev–Trinajstić information content (AvgIpc) is 2.97. The number of rotatable bonds is 5. The van der Waals surface area contributed by atoms with Gasteiger partial charge in [-0.25, -0.2) is 0 Å². The molecule has 5 heteroatoms. The Hall–Kier alpha value is -2.02. The van der Waals surface area contributed by atoms with Crippen LogP contribution in [0.1, 0.15) is 16.7 Å². The number of benzene rings is 2. The molecule has 0 spiro atoms. The van der Waals surface area contributed by atoms with Crippen LogP contribution < -0.4 is 9.47 Å². The van der Waals surface area contributed by atoms with Crippen molar-refractivity contribution in [3.8, 4) is 22.8 Å². The van der Waals surface area contributed by atoms with Crippen molar-refractivity contribution in [2.24, 2.45) is 0 Å². The molecule has 0 radical (unpaired) electrons. The monoisotopic (exact) mass is 448 g/mol. The summed E-state index contributed by atoms with van der Waals surface area (Å²) in [7, 11) is 3.33. The van der Waals surface area contributed by atoms with E-state index in [2.05, 4.69) is 65.8 Å². The third-order valence-electron chi connectivity index (χ3n) is 4.45. The van der Waals surface area contributed by atoms with Gasteiger partial charge in [0.1, 0.15) is 15.2 Å². The maximum Gasteiger partial charge on any atom is 0.127 e. The molecule has 1 aromatic heterocycles. The fourth-order valence-corrected chi connectivity index (χ4v) is 3.45. The number of hydrogen-bond acceptors (Lipinski definition) is 3. The summed E-state index contributed by atoms with van der Waals surface area (Å²) in [4.78, 5) is 0. The molecule has 1 heterocycles. The minimum Gasteiger partial charge on any atom is -0.497 e. The molecule has 0 aliphatic heterocycles. The third kappa shape index (κ3) is 3.66. The molecule has 0 saturated heterocycles. The smallest absolute Gasteiger partial charge is 0.127 e. The Balaban J connectivity index is 2.04. The molecule has 3 rings (SSSR count). The molecule has 0 unspecified atom stereocenters. The van der Waals surface area contributed by atoms with Gasteiger partial charge in [-0.2, -0.15) is 5.10 Å². The van der Waals surface area contributed by atoms with Gasteiger partial charge >= 0.3 is 0 Å².